The summed E-state index contributed by atoms with van der Waals surface area (Å²) >= 11 is 1.36. The minimum Gasteiger partial charge on any atom is -0.325 e. The van der Waals surface area contributed by atoms with E-state index in [1.165, 1.54) is 31.0 Å². The van der Waals surface area contributed by atoms with E-state index in [0.717, 1.165) is 31.5 Å². The van der Waals surface area contributed by atoms with Gasteiger partial charge >= 0.3 is 0 Å². The lowest BCUT2D eigenvalue weighted by Crippen LogP contribution is -2.23. The number of carbonyl (C=O) groups is 2. The van der Waals surface area contributed by atoms with Crippen molar-refractivity contribution < 1.29 is 9.59 Å². The highest BCUT2D eigenvalue weighted by Crippen LogP contribution is 2.30. The lowest BCUT2D eigenvalue weighted by Gasteiger charge is -2.21. The van der Waals surface area contributed by atoms with E-state index in [1.807, 2.05) is 28.9 Å². The molecule has 0 radical (unpaired) electrons. The first kappa shape index (κ1) is 18.9. The molecule has 4 rings (SSSR count). The average molecular weight is 401 g/mol. The highest BCUT2D eigenvalue weighted by molar-refractivity contribution is 7.99. The van der Waals surface area contributed by atoms with Crippen LogP contribution >= 0.6 is 11.8 Å². The summed E-state index contributed by atoms with van der Waals surface area (Å²) in [5.41, 5.74) is 1.59. The van der Waals surface area contributed by atoms with E-state index in [-0.39, 0.29) is 17.6 Å². The second-order valence-corrected chi connectivity index (χ2v) is 8.17. The number of benzene rings is 1. The largest absolute Gasteiger partial charge is 0.325 e. The van der Waals surface area contributed by atoms with Gasteiger partial charge in [0.15, 0.2) is 0 Å². The van der Waals surface area contributed by atoms with E-state index < -0.39 is 0 Å². The van der Waals surface area contributed by atoms with Gasteiger partial charge in [0.25, 0.3) is 0 Å². The first-order chi connectivity index (χ1) is 13.7. The zero-order valence-corrected chi connectivity index (χ0v) is 16.5. The predicted octanol–water partition coefficient (Wildman–Crippen LogP) is 3.04. The third-order valence-electron chi connectivity index (χ3n) is 5.25. The number of nitrogens with zero attached hydrogens (tertiary/aromatic N) is 5. The molecule has 1 aromatic heterocycles. The average Bonchev–Trinajstić information content (AvgIpc) is 3.36. The molecule has 0 unspecified atom stereocenters. The number of hydrogen-bond donors (Lipinski definition) is 1. The monoisotopic (exact) mass is 400 g/mol. The fraction of sp³-hybridized carbons (Fsp3) is 0.526. The first-order valence-corrected chi connectivity index (χ1v) is 10.8. The molecule has 2 heterocycles. The van der Waals surface area contributed by atoms with E-state index in [4.69, 9.17) is 0 Å². The number of tetrazole rings is 1. The molecule has 1 aromatic carbocycles. The molecule has 28 heavy (non-hydrogen) atoms. The van der Waals surface area contributed by atoms with E-state index in [2.05, 4.69) is 20.8 Å². The number of amides is 2. The summed E-state index contributed by atoms with van der Waals surface area (Å²) < 4.78 is 1.87. The quantitative estimate of drug-likeness (QED) is 0.749. The number of rotatable bonds is 6. The van der Waals surface area contributed by atoms with Gasteiger partial charge < -0.3 is 10.2 Å². The van der Waals surface area contributed by atoms with Crippen LogP contribution in [-0.4, -0.2) is 44.3 Å². The molecule has 1 saturated heterocycles. The lowest BCUT2D eigenvalue weighted by atomic mass is 9.96. The van der Waals surface area contributed by atoms with Gasteiger partial charge in [-0.15, -0.1) is 5.10 Å². The molecule has 2 amide bonds. The van der Waals surface area contributed by atoms with E-state index in [9.17, 15) is 9.59 Å². The van der Waals surface area contributed by atoms with E-state index in [1.54, 1.807) is 4.90 Å². The van der Waals surface area contributed by atoms with Crippen LogP contribution in [0.25, 0.3) is 0 Å². The molecule has 0 atom stereocenters. The maximum atomic E-state index is 12.3. The first-order valence-electron chi connectivity index (χ1n) is 9.81. The van der Waals surface area contributed by atoms with Gasteiger partial charge in [-0.3, -0.25) is 9.59 Å². The summed E-state index contributed by atoms with van der Waals surface area (Å²) in [7, 11) is 0. The molecule has 8 nitrogen and oxygen atoms in total. The number of hydrogen-bond acceptors (Lipinski definition) is 6. The van der Waals surface area contributed by atoms with E-state index >= 15 is 0 Å². The standard InChI is InChI=1S/C19H24N6O2S/c26-17(13-28-19-21-22-23-25(19)16-5-2-1-3-6-16)20-14-8-10-15(11-9-14)24-12-4-7-18(24)27/h8-11,16H,1-7,12-13H2,(H,20,26). The Hall–Kier alpha value is -2.42. The van der Waals surface area contributed by atoms with Crippen molar-refractivity contribution in [3.8, 4) is 0 Å². The molecular weight excluding hydrogens is 376 g/mol. The molecular formula is C19H24N6O2S. The van der Waals surface area contributed by atoms with E-state index in [0.29, 0.717) is 23.3 Å². The van der Waals surface area contributed by atoms with Crippen molar-refractivity contribution >= 4 is 35.0 Å². The zero-order chi connectivity index (χ0) is 19.3. The molecule has 148 valence electrons. The highest BCUT2D eigenvalue weighted by atomic mass is 32.2. The zero-order valence-electron chi connectivity index (χ0n) is 15.7. The topological polar surface area (TPSA) is 93.0 Å². The van der Waals surface area contributed by atoms with Gasteiger partial charge in [0.05, 0.1) is 11.8 Å². The van der Waals surface area contributed by atoms with Crippen LogP contribution in [0, 0.1) is 0 Å². The van der Waals surface area contributed by atoms with Gasteiger partial charge in [0, 0.05) is 24.3 Å². The molecule has 1 aliphatic carbocycles. The van der Waals surface area contributed by atoms with Crippen molar-refractivity contribution in [1.82, 2.24) is 20.2 Å². The maximum absolute atomic E-state index is 12.3. The molecule has 0 bridgehead atoms. The summed E-state index contributed by atoms with van der Waals surface area (Å²) in [5, 5.41) is 15.6. The second-order valence-electron chi connectivity index (χ2n) is 7.23. The van der Waals surface area contributed by atoms with Gasteiger partial charge in [-0.05, 0) is 54.0 Å². The Morgan fingerprint density at radius 2 is 1.93 bits per heavy atom. The van der Waals surface area contributed by atoms with Gasteiger partial charge in [0.1, 0.15) is 0 Å². The molecule has 0 spiro atoms. The van der Waals surface area contributed by atoms with Crippen LogP contribution in [0.15, 0.2) is 29.4 Å². The van der Waals surface area contributed by atoms with Crippen LogP contribution in [0.4, 0.5) is 11.4 Å². The minimum absolute atomic E-state index is 0.104. The van der Waals surface area contributed by atoms with Gasteiger partial charge in [-0.1, -0.05) is 31.0 Å². The minimum atomic E-state index is -0.104. The molecule has 2 aromatic rings. The Balaban J connectivity index is 1.30. The number of thioether (sulfide) groups is 1. The van der Waals surface area contributed by atoms with Gasteiger partial charge in [-0.25, -0.2) is 4.68 Å². The van der Waals surface area contributed by atoms with Crippen molar-refractivity contribution in [2.45, 2.75) is 56.1 Å². The maximum Gasteiger partial charge on any atom is 0.234 e. The fourth-order valence-corrected chi connectivity index (χ4v) is 4.55. The summed E-state index contributed by atoms with van der Waals surface area (Å²) in [6, 6.07) is 7.74. The predicted molar refractivity (Wildman–Crippen MR) is 107 cm³/mol. The summed E-state index contributed by atoms with van der Waals surface area (Å²) in [6.45, 7) is 0.761. The second kappa shape index (κ2) is 8.72. The normalized spacial score (nSPS) is 17.9. The summed E-state index contributed by atoms with van der Waals surface area (Å²) in [6.07, 6.45) is 7.37. The van der Waals surface area contributed by atoms with Crippen LogP contribution in [0.2, 0.25) is 0 Å². The third-order valence-corrected chi connectivity index (χ3v) is 6.19. The van der Waals surface area contributed by atoms with Gasteiger partial charge in [0.2, 0.25) is 17.0 Å². The Kier molecular flexibility index (Phi) is 5.90. The Bertz CT molecular complexity index is 831. The Morgan fingerprint density at radius 1 is 1.14 bits per heavy atom. The van der Waals surface area contributed by atoms with Crippen LogP contribution in [-0.2, 0) is 9.59 Å². The van der Waals surface area contributed by atoms with Crippen LogP contribution in [0.5, 0.6) is 0 Å². The molecule has 2 fully saturated rings. The number of carbonyl (C=O) groups excluding carboxylic acids is 2. The van der Waals surface area contributed by atoms with Crippen LogP contribution in [0.1, 0.15) is 51.0 Å². The number of nitrogens with one attached hydrogen (secondary N) is 1. The van der Waals surface area contributed by atoms with Crippen LogP contribution < -0.4 is 10.2 Å². The van der Waals surface area contributed by atoms with Crippen molar-refractivity contribution in [1.29, 1.82) is 0 Å². The fourth-order valence-electron chi connectivity index (χ4n) is 3.81. The lowest BCUT2D eigenvalue weighted by molar-refractivity contribution is -0.117. The third kappa shape index (κ3) is 4.35. The Labute approximate surface area is 168 Å². The van der Waals surface area contributed by atoms with Crippen molar-refractivity contribution in [2.24, 2.45) is 0 Å². The smallest absolute Gasteiger partial charge is 0.234 e. The molecule has 1 N–H and O–H groups in total. The molecule has 9 heteroatoms. The number of aromatic nitrogens is 4. The summed E-state index contributed by atoms with van der Waals surface area (Å²) in [4.78, 5) is 25.9. The SMILES string of the molecule is O=C(CSc1nnnn1C1CCCCC1)Nc1ccc(N2CCCC2=O)cc1. The summed E-state index contributed by atoms with van der Waals surface area (Å²) in [5.74, 6) is 0.302. The molecule has 1 aliphatic heterocycles. The number of anilines is 2. The van der Waals surface area contributed by atoms with Gasteiger partial charge in [-0.2, -0.15) is 0 Å². The van der Waals surface area contributed by atoms with Crippen molar-refractivity contribution in [2.75, 3.05) is 22.5 Å². The van der Waals surface area contributed by atoms with Crippen molar-refractivity contribution in [3.63, 3.8) is 0 Å². The Morgan fingerprint density at radius 3 is 2.64 bits per heavy atom. The van der Waals surface area contributed by atoms with Crippen LogP contribution in [0.3, 0.4) is 0 Å². The molecule has 1 saturated carbocycles. The highest BCUT2D eigenvalue weighted by Gasteiger charge is 2.22. The molecule has 2 aliphatic rings. The van der Waals surface area contributed by atoms with Crippen molar-refractivity contribution in [3.05, 3.63) is 24.3 Å².